The van der Waals surface area contributed by atoms with Crippen LogP contribution in [0.5, 0.6) is 0 Å². The van der Waals surface area contributed by atoms with Gasteiger partial charge in [0.1, 0.15) is 11.5 Å². The number of nitrogens with zero attached hydrogens (tertiary/aromatic N) is 4. The molecule has 3 heterocycles. The number of anilines is 1. The van der Waals surface area contributed by atoms with Crippen LogP contribution in [0.4, 0.5) is 5.82 Å². The Labute approximate surface area is 113 Å². The van der Waals surface area contributed by atoms with E-state index in [1.807, 2.05) is 0 Å². The van der Waals surface area contributed by atoms with E-state index < -0.39 is 0 Å². The van der Waals surface area contributed by atoms with E-state index in [1.165, 1.54) is 25.8 Å². The minimum Gasteiger partial charge on any atom is -0.382 e. The largest absolute Gasteiger partial charge is 0.382 e. The van der Waals surface area contributed by atoms with Gasteiger partial charge in [-0.15, -0.1) is 0 Å². The van der Waals surface area contributed by atoms with Gasteiger partial charge in [-0.2, -0.15) is 0 Å². The molecule has 6 nitrogen and oxygen atoms in total. The molecule has 1 aromatic rings. The lowest BCUT2D eigenvalue weighted by Crippen LogP contribution is -2.55. The van der Waals surface area contributed by atoms with Crippen molar-refractivity contribution in [2.45, 2.75) is 25.3 Å². The molecule has 0 radical (unpaired) electrons. The van der Waals surface area contributed by atoms with Crippen molar-refractivity contribution in [2.75, 3.05) is 31.1 Å². The van der Waals surface area contributed by atoms with Gasteiger partial charge in [0.05, 0.1) is 0 Å². The molecular formula is C13H20N6. The molecule has 0 amide bonds. The van der Waals surface area contributed by atoms with Gasteiger partial charge in [-0.05, 0) is 19.4 Å². The highest BCUT2D eigenvalue weighted by Crippen LogP contribution is 2.24. The average Bonchev–Trinajstić information content (AvgIpc) is 2.46. The Morgan fingerprint density at radius 2 is 2.05 bits per heavy atom. The molecule has 0 spiro atoms. The van der Waals surface area contributed by atoms with Crippen LogP contribution in [0.1, 0.15) is 25.0 Å². The molecule has 1 aromatic heterocycles. The molecule has 6 heteroatoms. The van der Waals surface area contributed by atoms with Gasteiger partial charge in [0.2, 0.25) is 0 Å². The molecule has 0 aliphatic carbocycles. The maximum atomic E-state index is 7.62. The molecular weight excluding hydrogens is 240 g/mol. The lowest BCUT2D eigenvalue weighted by Gasteiger charge is -2.44. The summed E-state index contributed by atoms with van der Waals surface area (Å²) in [5.41, 5.74) is 6.10. The molecule has 0 bridgehead atoms. The second kappa shape index (κ2) is 5.13. The molecule has 2 saturated heterocycles. The van der Waals surface area contributed by atoms with Gasteiger partial charge >= 0.3 is 0 Å². The first-order valence-corrected chi connectivity index (χ1v) is 6.90. The normalized spacial score (nSPS) is 24.0. The average molecular weight is 260 g/mol. The Kier molecular flexibility index (Phi) is 3.33. The second-order valence-electron chi connectivity index (χ2n) is 5.27. The van der Waals surface area contributed by atoms with E-state index in [4.69, 9.17) is 11.1 Å². The molecule has 0 aromatic carbocycles. The van der Waals surface area contributed by atoms with Crippen LogP contribution >= 0.6 is 0 Å². The van der Waals surface area contributed by atoms with Crippen molar-refractivity contribution in [1.29, 1.82) is 5.41 Å². The summed E-state index contributed by atoms with van der Waals surface area (Å²) in [5, 5.41) is 7.62. The summed E-state index contributed by atoms with van der Waals surface area (Å²) < 4.78 is 0. The zero-order valence-corrected chi connectivity index (χ0v) is 11.0. The van der Waals surface area contributed by atoms with Gasteiger partial charge in [-0.1, -0.05) is 6.42 Å². The number of nitrogen functional groups attached to an aromatic ring is 1. The van der Waals surface area contributed by atoms with Crippen molar-refractivity contribution >= 4 is 11.7 Å². The number of piperidine rings is 1. The lowest BCUT2D eigenvalue weighted by atomic mass is 9.99. The molecule has 2 aliphatic rings. The summed E-state index contributed by atoms with van der Waals surface area (Å²) in [6.07, 6.45) is 7.16. The summed E-state index contributed by atoms with van der Waals surface area (Å²) in [4.78, 5) is 13.4. The van der Waals surface area contributed by atoms with Crippen LogP contribution in [-0.2, 0) is 0 Å². The smallest absolute Gasteiger partial charge is 0.158 e. The minimum absolute atomic E-state index is 0.00539. The van der Waals surface area contributed by atoms with Crippen molar-refractivity contribution in [1.82, 2.24) is 14.9 Å². The number of rotatable bonds is 2. The third kappa shape index (κ3) is 2.40. The molecule has 3 N–H and O–H groups in total. The Bertz CT molecular complexity index is 474. The van der Waals surface area contributed by atoms with E-state index in [0.717, 1.165) is 25.5 Å². The van der Waals surface area contributed by atoms with E-state index in [1.54, 1.807) is 12.4 Å². The van der Waals surface area contributed by atoms with Crippen molar-refractivity contribution in [3.05, 3.63) is 18.1 Å². The molecule has 0 saturated carbocycles. The van der Waals surface area contributed by atoms with E-state index in [-0.39, 0.29) is 5.84 Å². The first kappa shape index (κ1) is 12.3. The summed E-state index contributed by atoms with van der Waals surface area (Å²) in [6.45, 7) is 4.20. The summed E-state index contributed by atoms with van der Waals surface area (Å²) in [7, 11) is 0. The zero-order valence-electron chi connectivity index (χ0n) is 11.0. The number of nitrogens with two attached hydrogens (primary N) is 1. The van der Waals surface area contributed by atoms with Crippen molar-refractivity contribution in [2.24, 2.45) is 5.73 Å². The Hall–Kier alpha value is -1.69. The van der Waals surface area contributed by atoms with Crippen LogP contribution in [-0.4, -0.2) is 52.9 Å². The van der Waals surface area contributed by atoms with E-state index in [0.29, 0.717) is 11.7 Å². The Balaban J connectivity index is 1.81. The highest BCUT2D eigenvalue weighted by atomic mass is 15.3. The van der Waals surface area contributed by atoms with Crippen LogP contribution in [0.25, 0.3) is 0 Å². The fraction of sp³-hybridized carbons (Fsp3) is 0.615. The summed E-state index contributed by atoms with van der Waals surface area (Å²) in [5.74, 6) is 0.759. The quantitative estimate of drug-likeness (QED) is 0.595. The number of nitrogens with one attached hydrogen (secondary N) is 1. The van der Waals surface area contributed by atoms with Crippen LogP contribution in [0.2, 0.25) is 0 Å². The number of aromatic nitrogens is 2. The van der Waals surface area contributed by atoms with Crippen LogP contribution in [0, 0.1) is 5.41 Å². The third-order valence-electron chi connectivity index (χ3n) is 4.07. The van der Waals surface area contributed by atoms with Gasteiger partial charge in [0.15, 0.2) is 5.82 Å². The Morgan fingerprint density at radius 3 is 2.89 bits per heavy atom. The van der Waals surface area contributed by atoms with Crippen molar-refractivity contribution in [3.8, 4) is 0 Å². The maximum Gasteiger partial charge on any atom is 0.158 e. The first-order chi connectivity index (χ1) is 9.25. The van der Waals surface area contributed by atoms with Crippen molar-refractivity contribution in [3.63, 3.8) is 0 Å². The molecule has 1 atom stereocenters. The van der Waals surface area contributed by atoms with Crippen molar-refractivity contribution < 1.29 is 0 Å². The second-order valence-corrected chi connectivity index (χ2v) is 5.27. The van der Waals surface area contributed by atoms with E-state index in [9.17, 15) is 0 Å². The zero-order chi connectivity index (χ0) is 13.2. The maximum absolute atomic E-state index is 7.62. The van der Waals surface area contributed by atoms with Crippen LogP contribution < -0.4 is 10.6 Å². The van der Waals surface area contributed by atoms with Gasteiger partial charge in [0, 0.05) is 38.1 Å². The standard InChI is InChI=1S/C13H20N6/c14-12(15)11-13(17-5-4-16-11)19-8-7-18-6-2-1-3-10(18)9-19/h4-5,10H,1-3,6-9H2,(H3,14,15). The van der Waals surface area contributed by atoms with Crippen LogP contribution in [0.3, 0.4) is 0 Å². The van der Waals surface area contributed by atoms with E-state index in [2.05, 4.69) is 19.8 Å². The summed E-state index contributed by atoms with van der Waals surface area (Å²) in [6, 6.07) is 0.615. The fourth-order valence-corrected chi connectivity index (χ4v) is 3.10. The number of hydrogen-bond acceptors (Lipinski definition) is 5. The molecule has 19 heavy (non-hydrogen) atoms. The summed E-state index contributed by atoms with van der Waals surface area (Å²) >= 11 is 0. The predicted molar refractivity (Wildman–Crippen MR) is 74.5 cm³/mol. The molecule has 102 valence electrons. The van der Waals surface area contributed by atoms with Gasteiger partial charge < -0.3 is 10.6 Å². The lowest BCUT2D eigenvalue weighted by molar-refractivity contribution is 0.133. The van der Waals surface area contributed by atoms with E-state index >= 15 is 0 Å². The van der Waals surface area contributed by atoms with Gasteiger partial charge in [-0.3, -0.25) is 10.3 Å². The molecule has 2 aliphatic heterocycles. The topological polar surface area (TPSA) is 82.1 Å². The molecule has 2 fully saturated rings. The number of piperazine rings is 1. The minimum atomic E-state index is -0.00539. The number of amidine groups is 1. The number of fused-ring (bicyclic) bond motifs is 1. The monoisotopic (exact) mass is 260 g/mol. The third-order valence-corrected chi connectivity index (χ3v) is 4.07. The SMILES string of the molecule is N=C(N)c1nccnc1N1CCN2CCCCC2C1. The first-order valence-electron chi connectivity index (χ1n) is 6.90. The fourth-order valence-electron chi connectivity index (χ4n) is 3.10. The highest BCUT2D eigenvalue weighted by Gasteiger charge is 2.30. The van der Waals surface area contributed by atoms with Gasteiger partial charge in [-0.25, -0.2) is 9.97 Å². The van der Waals surface area contributed by atoms with Gasteiger partial charge in [0.25, 0.3) is 0 Å². The highest BCUT2D eigenvalue weighted by molar-refractivity contribution is 5.97. The number of hydrogen-bond donors (Lipinski definition) is 2. The predicted octanol–water partition coefficient (Wildman–Crippen LogP) is 0.435. The Morgan fingerprint density at radius 1 is 1.21 bits per heavy atom. The molecule has 1 unspecified atom stereocenters. The van der Waals surface area contributed by atoms with Crippen LogP contribution in [0.15, 0.2) is 12.4 Å². The molecule has 3 rings (SSSR count).